The van der Waals surface area contributed by atoms with E-state index >= 15 is 0 Å². The van der Waals surface area contributed by atoms with Crippen LogP contribution in [0.5, 0.6) is 0 Å². The minimum atomic E-state index is -0.255. The highest BCUT2D eigenvalue weighted by Gasteiger charge is 2.29. The fourth-order valence-electron chi connectivity index (χ4n) is 2.99. The number of hydrogen-bond acceptors (Lipinski definition) is 2. The first-order chi connectivity index (χ1) is 8.66. The highest BCUT2D eigenvalue weighted by molar-refractivity contribution is 6.01. The molecule has 1 saturated heterocycles. The number of hydrogen-bond donors (Lipinski definition) is 1. The largest absolute Gasteiger partial charge is 0.317 e. The zero-order chi connectivity index (χ0) is 12.7. The molecular formula is C14H17FN2O. The van der Waals surface area contributed by atoms with Crippen molar-refractivity contribution in [2.75, 3.05) is 25.0 Å². The first kappa shape index (κ1) is 11.7. The van der Waals surface area contributed by atoms with Gasteiger partial charge in [0, 0.05) is 7.05 Å². The molecule has 1 aromatic carbocycles. The van der Waals surface area contributed by atoms with Gasteiger partial charge in [-0.3, -0.25) is 4.79 Å². The van der Waals surface area contributed by atoms with Crippen LogP contribution in [0.15, 0.2) is 12.1 Å². The van der Waals surface area contributed by atoms with E-state index in [1.165, 1.54) is 4.90 Å². The number of fused-ring (bicyclic) bond motifs is 1. The molecule has 1 aromatic rings. The summed E-state index contributed by atoms with van der Waals surface area (Å²) in [6.07, 6.45) is 2.42. The average Bonchev–Trinajstić information content (AvgIpc) is 2.66. The van der Waals surface area contributed by atoms with Gasteiger partial charge in [0.2, 0.25) is 5.91 Å². The first-order valence-electron chi connectivity index (χ1n) is 6.46. The van der Waals surface area contributed by atoms with E-state index in [1.807, 2.05) is 6.07 Å². The number of nitrogens with one attached hydrogen (secondary N) is 1. The smallest absolute Gasteiger partial charge is 0.231 e. The second kappa shape index (κ2) is 4.35. The molecule has 4 heteroatoms. The molecule has 1 N–H and O–H groups in total. The molecule has 0 bridgehead atoms. The van der Waals surface area contributed by atoms with Gasteiger partial charge in [-0.05, 0) is 49.0 Å². The molecule has 1 amide bonds. The van der Waals surface area contributed by atoms with Gasteiger partial charge in [-0.2, -0.15) is 0 Å². The summed E-state index contributed by atoms with van der Waals surface area (Å²) >= 11 is 0. The van der Waals surface area contributed by atoms with Gasteiger partial charge < -0.3 is 10.2 Å². The number of nitrogens with zero attached hydrogens (tertiary/aromatic N) is 1. The molecule has 0 aliphatic carbocycles. The lowest BCUT2D eigenvalue weighted by Crippen LogP contribution is -2.26. The second-order valence-corrected chi connectivity index (χ2v) is 5.16. The Morgan fingerprint density at radius 2 is 2.06 bits per heavy atom. The van der Waals surface area contributed by atoms with Crippen LogP contribution < -0.4 is 10.2 Å². The van der Waals surface area contributed by atoms with E-state index in [0.717, 1.165) is 37.1 Å². The fourth-order valence-corrected chi connectivity index (χ4v) is 2.99. The number of halogens is 1. The summed E-state index contributed by atoms with van der Waals surface area (Å²) in [5, 5.41) is 3.31. The highest BCUT2D eigenvalue weighted by atomic mass is 19.1. The summed E-state index contributed by atoms with van der Waals surface area (Å²) < 4.78 is 14.1. The zero-order valence-corrected chi connectivity index (χ0v) is 10.5. The van der Waals surface area contributed by atoms with Crippen molar-refractivity contribution in [1.29, 1.82) is 0 Å². The molecule has 2 aliphatic rings. The lowest BCUT2D eigenvalue weighted by molar-refractivity contribution is -0.117. The molecule has 18 heavy (non-hydrogen) atoms. The van der Waals surface area contributed by atoms with Gasteiger partial charge in [0.1, 0.15) is 5.82 Å². The van der Waals surface area contributed by atoms with Gasteiger partial charge in [-0.25, -0.2) is 4.39 Å². The molecular weight excluding hydrogens is 231 g/mol. The standard InChI is InChI=1S/C14H17FN2O/c1-17-13(18)8-11-6-10(7-12(15)14(11)17)9-2-4-16-5-3-9/h6-7,9,16H,2-5,8H2,1H3. The van der Waals surface area contributed by atoms with Crippen molar-refractivity contribution >= 4 is 11.6 Å². The average molecular weight is 248 g/mol. The van der Waals surface area contributed by atoms with E-state index in [-0.39, 0.29) is 11.7 Å². The molecule has 2 heterocycles. The van der Waals surface area contributed by atoms with Gasteiger partial charge in [-0.1, -0.05) is 6.07 Å². The highest BCUT2D eigenvalue weighted by Crippen LogP contribution is 2.35. The summed E-state index contributed by atoms with van der Waals surface area (Å²) in [6, 6.07) is 3.64. The quantitative estimate of drug-likeness (QED) is 0.822. The van der Waals surface area contributed by atoms with Crippen LogP contribution in [0, 0.1) is 5.82 Å². The molecule has 2 aliphatic heterocycles. The lowest BCUT2D eigenvalue weighted by atomic mass is 9.89. The van der Waals surface area contributed by atoms with Crippen LogP contribution in [0.25, 0.3) is 0 Å². The van der Waals surface area contributed by atoms with E-state index in [2.05, 4.69) is 5.32 Å². The maximum Gasteiger partial charge on any atom is 0.231 e. The topological polar surface area (TPSA) is 32.3 Å². The summed E-state index contributed by atoms with van der Waals surface area (Å²) in [6.45, 7) is 1.98. The van der Waals surface area contributed by atoms with Crippen LogP contribution in [-0.4, -0.2) is 26.0 Å². The van der Waals surface area contributed by atoms with Gasteiger partial charge in [-0.15, -0.1) is 0 Å². The zero-order valence-electron chi connectivity index (χ0n) is 10.5. The number of carbonyl (C=O) groups excluding carboxylic acids is 1. The van der Waals surface area contributed by atoms with Crippen LogP contribution in [-0.2, 0) is 11.2 Å². The number of likely N-dealkylation sites (N-methyl/N-ethyl adjacent to an activating group) is 1. The van der Waals surface area contributed by atoms with Crippen molar-refractivity contribution in [3.8, 4) is 0 Å². The van der Waals surface area contributed by atoms with Crippen LogP contribution in [0.4, 0.5) is 10.1 Å². The third kappa shape index (κ3) is 1.81. The van der Waals surface area contributed by atoms with Crippen molar-refractivity contribution in [2.45, 2.75) is 25.2 Å². The van der Waals surface area contributed by atoms with E-state index in [1.54, 1.807) is 13.1 Å². The number of benzene rings is 1. The minimum Gasteiger partial charge on any atom is -0.317 e. The Kier molecular flexibility index (Phi) is 2.82. The molecule has 0 aromatic heterocycles. The number of piperidine rings is 1. The third-order valence-corrected chi connectivity index (χ3v) is 4.03. The Morgan fingerprint density at radius 1 is 1.33 bits per heavy atom. The van der Waals surface area contributed by atoms with Crippen LogP contribution in [0.3, 0.4) is 0 Å². The second-order valence-electron chi connectivity index (χ2n) is 5.16. The summed E-state index contributed by atoms with van der Waals surface area (Å²) in [5.41, 5.74) is 2.37. The molecule has 1 fully saturated rings. The van der Waals surface area contributed by atoms with Gasteiger partial charge >= 0.3 is 0 Å². The minimum absolute atomic E-state index is 0.0219. The Morgan fingerprint density at radius 3 is 2.78 bits per heavy atom. The Labute approximate surface area is 106 Å². The fraction of sp³-hybridized carbons (Fsp3) is 0.500. The monoisotopic (exact) mass is 248 g/mol. The van der Waals surface area contributed by atoms with Crippen molar-refractivity contribution in [2.24, 2.45) is 0 Å². The van der Waals surface area contributed by atoms with Crippen molar-refractivity contribution < 1.29 is 9.18 Å². The molecule has 3 rings (SSSR count). The van der Waals surface area contributed by atoms with E-state index < -0.39 is 0 Å². The molecule has 0 unspecified atom stereocenters. The Balaban J connectivity index is 1.97. The molecule has 96 valence electrons. The number of rotatable bonds is 1. The van der Waals surface area contributed by atoms with Crippen molar-refractivity contribution in [1.82, 2.24) is 5.32 Å². The predicted octanol–water partition coefficient (Wildman–Crippen LogP) is 1.81. The lowest BCUT2D eigenvalue weighted by Gasteiger charge is -2.24. The van der Waals surface area contributed by atoms with E-state index in [9.17, 15) is 9.18 Å². The molecule has 0 radical (unpaired) electrons. The third-order valence-electron chi connectivity index (χ3n) is 4.03. The molecule has 0 atom stereocenters. The van der Waals surface area contributed by atoms with Crippen molar-refractivity contribution in [3.05, 3.63) is 29.1 Å². The Hall–Kier alpha value is -1.42. The van der Waals surface area contributed by atoms with Gasteiger partial charge in [0.05, 0.1) is 12.1 Å². The molecule has 0 saturated carbocycles. The van der Waals surface area contributed by atoms with Crippen molar-refractivity contribution in [3.63, 3.8) is 0 Å². The van der Waals surface area contributed by atoms with E-state index in [4.69, 9.17) is 0 Å². The molecule has 0 spiro atoms. The van der Waals surface area contributed by atoms with E-state index in [0.29, 0.717) is 18.0 Å². The maximum absolute atomic E-state index is 14.1. The number of carbonyl (C=O) groups is 1. The number of anilines is 1. The summed E-state index contributed by atoms with van der Waals surface area (Å²) in [4.78, 5) is 13.0. The Bertz CT molecular complexity index is 495. The SMILES string of the molecule is CN1C(=O)Cc2cc(C3CCNCC3)cc(F)c21. The summed E-state index contributed by atoms with van der Waals surface area (Å²) in [5.74, 6) is 0.146. The van der Waals surface area contributed by atoms with Crippen LogP contribution >= 0.6 is 0 Å². The maximum atomic E-state index is 14.1. The van der Waals surface area contributed by atoms with Gasteiger partial charge in [0.25, 0.3) is 0 Å². The normalized spacial score (nSPS) is 20.3. The van der Waals surface area contributed by atoms with Crippen LogP contribution in [0.2, 0.25) is 0 Å². The molecule has 3 nitrogen and oxygen atoms in total. The first-order valence-corrected chi connectivity index (χ1v) is 6.46. The predicted molar refractivity (Wildman–Crippen MR) is 68.4 cm³/mol. The number of amides is 1. The van der Waals surface area contributed by atoms with Gasteiger partial charge in [0.15, 0.2) is 0 Å². The summed E-state index contributed by atoms with van der Waals surface area (Å²) in [7, 11) is 1.64. The van der Waals surface area contributed by atoms with Crippen LogP contribution in [0.1, 0.15) is 29.9 Å².